The van der Waals surface area contributed by atoms with Crippen LogP contribution >= 0.6 is 0 Å². The lowest BCUT2D eigenvalue weighted by molar-refractivity contribution is -0.120. The van der Waals surface area contributed by atoms with Crippen LogP contribution in [0.25, 0.3) is 10.9 Å². The zero-order valence-corrected chi connectivity index (χ0v) is 12.8. The van der Waals surface area contributed by atoms with E-state index in [4.69, 9.17) is 0 Å². The van der Waals surface area contributed by atoms with Crippen LogP contribution in [-0.4, -0.2) is 28.3 Å². The SMILES string of the molecule is Cn1nc(N2CCC(=O)NC2=O)c2cc(F)c(C3CCC3)cc21. The number of nitrogens with zero attached hydrogens (tertiary/aromatic N) is 3. The minimum absolute atomic E-state index is 0.215. The number of imide groups is 1. The maximum atomic E-state index is 14.5. The smallest absolute Gasteiger partial charge is 0.278 e. The lowest BCUT2D eigenvalue weighted by Crippen LogP contribution is -2.49. The van der Waals surface area contributed by atoms with Gasteiger partial charge in [0, 0.05) is 25.4 Å². The summed E-state index contributed by atoms with van der Waals surface area (Å²) in [6.07, 6.45) is 3.39. The first-order valence-corrected chi connectivity index (χ1v) is 7.82. The van der Waals surface area contributed by atoms with E-state index < -0.39 is 6.03 Å². The van der Waals surface area contributed by atoms with E-state index in [2.05, 4.69) is 10.4 Å². The van der Waals surface area contributed by atoms with Crippen LogP contribution in [0.15, 0.2) is 12.1 Å². The van der Waals surface area contributed by atoms with E-state index in [1.54, 1.807) is 11.7 Å². The second-order valence-electron chi connectivity index (χ2n) is 6.22. The highest BCUT2D eigenvalue weighted by atomic mass is 19.1. The van der Waals surface area contributed by atoms with E-state index >= 15 is 0 Å². The Morgan fingerprint density at radius 3 is 2.74 bits per heavy atom. The number of amides is 3. The Labute approximate surface area is 132 Å². The number of aromatic nitrogens is 2. The topological polar surface area (TPSA) is 67.2 Å². The van der Waals surface area contributed by atoms with Crippen molar-refractivity contribution in [1.29, 1.82) is 0 Å². The molecule has 2 fully saturated rings. The molecule has 2 aliphatic rings. The highest BCUT2D eigenvalue weighted by Crippen LogP contribution is 2.40. The lowest BCUT2D eigenvalue weighted by Gasteiger charge is -2.26. The molecule has 1 aliphatic carbocycles. The molecule has 1 aromatic carbocycles. The normalized spacial score (nSPS) is 19.1. The van der Waals surface area contributed by atoms with Crippen LogP contribution in [0, 0.1) is 5.82 Å². The molecule has 6 nitrogen and oxygen atoms in total. The van der Waals surface area contributed by atoms with Crippen molar-refractivity contribution >= 4 is 28.7 Å². The van der Waals surface area contributed by atoms with Crippen LogP contribution in [0.1, 0.15) is 37.2 Å². The largest absolute Gasteiger partial charge is 0.329 e. The summed E-state index contributed by atoms with van der Waals surface area (Å²) in [6, 6.07) is 2.80. The van der Waals surface area contributed by atoms with Crippen molar-refractivity contribution in [2.75, 3.05) is 11.4 Å². The Kier molecular flexibility index (Phi) is 3.11. The van der Waals surface area contributed by atoms with Crippen LogP contribution in [0.5, 0.6) is 0 Å². The Morgan fingerprint density at radius 2 is 2.09 bits per heavy atom. The number of hydrogen-bond acceptors (Lipinski definition) is 3. The molecule has 1 N–H and O–H groups in total. The van der Waals surface area contributed by atoms with Crippen molar-refractivity contribution < 1.29 is 14.0 Å². The summed E-state index contributed by atoms with van der Waals surface area (Å²) in [5.74, 6) is 0.134. The van der Waals surface area contributed by atoms with E-state index in [0.717, 1.165) is 30.3 Å². The summed E-state index contributed by atoms with van der Waals surface area (Å²) in [4.78, 5) is 24.7. The molecular weight excluding hydrogens is 299 g/mol. The number of aryl methyl sites for hydroxylation is 1. The first-order chi connectivity index (χ1) is 11.0. The molecule has 4 rings (SSSR count). The summed E-state index contributed by atoms with van der Waals surface area (Å²) >= 11 is 0. The molecule has 1 aromatic heterocycles. The van der Waals surface area contributed by atoms with Gasteiger partial charge in [-0.2, -0.15) is 5.10 Å². The van der Waals surface area contributed by atoms with Gasteiger partial charge >= 0.3 is 6.03 Å². The molecule has 0 spiro atoms. The van der Waals surface area contributed by atoms with E-state index in [9.17, 15) is 14.0 Å². The van der Waals surface area contributed by atoms with Crippen molar-refractivity contribution in [2.45, 2.75) is 31.6 Å². The van der Waals surface area contributed by atoms with Gasteiger partial charge in [-0.1, -0.05) is 6.42 Å². The number of rotatable bonds is 2. The molecule has 7 heteroatoms. The summed E-state index contributed by atoms with van der Waals surface area (Å²) < 4.78 is 16.2. The van der Waals surface area contributed by atoms with Crippen molar-refractivity contribution in [1.82, 2.24) is 15.1 Å². The van der Waals surface area contributed by atoms with Crippen molar-refractivity contribution in [3.05, 3.63) is 23.5 Å². The Balaban J connectivity index is 1.80. The average molecular weight is 316 g/mol. The molecule has 23 heavy (non-hydrogen) atoms. The maximum absolute atomic E-state index is 14.5. The van der Waals surface area contributed by atoms with Crippen molar-refractivity contribution in [3.8, 4) is 0 Å². The van der Waals surface area contributed by atoms with Gasteiger partial charge in [0.05, 0.1) is 5.52 Å². The van der Waals surface area contributed by atoms with Gasteiger partial charge in [0.2, 0.25) is 5.91 Å². The molecular formula is C16H17FN4O2. The van der Waals surface area contributed by atoms with Crippen molar-refractivity contribution in [2.24, 2.45) is 7.05 Å². The second-order valence-corrected chi connectivity index (χ2v) is 6.22. The number of nitrogens with one attached hydrogen (secondary N) is 1. The summed E-state index contributed by atoms with van der Waals surface area (Å²) in [6.45, 7) is 0.253. The minimum Gasteiger partial charge on any atom is -0.278 e. The molecule has 1 aliphatic heterocycles. The Bertz CT molecular complexity index is 825. The third-order valence-corrected chi connectivity index (χ3v) is 4.80. The van der Waals surface area contributed by atoms with Gasteiger partial charge in [-0.15, -0.1) is 0 Å². The van der Waals surface area contributed by atoms with Gasteiger partial charge < -0.3 is 0 Å². The van der Waals surface area contributed by atoms with Gasteiger partial charge in [-0.05, 0) is 36.5 Å². The number of halogens is 1. The van der Waals surface area contributed by atoms with E-state index in [0.29, 0.717) is 11.2 Å². The number of anilines is 1. The summed E-state index contributed by atoms with van der Waals surface area (Å²) in [5.41, 5.74) is 1.53. The van der Waals surface area contributed by atoms with Crippen LogP contribution < -0.4 is 10.2 Å². The quantitative estimate of drug-likeness (QED) is 0.925. The zero-order chi connectivity index (χ0) is 16.1. The second kappa shape index (κ2) is 5.04. The molecule has 0 radical (unpaired) electrons. The third kappa shape index (κ3) is 2.18. The third-order valence-electron chi connectivity index (χ3n) is 4.80. The van der Waals surface area contributed by atoms with Gasteiger partial charge in [-0.3, -0.25) is 19.7 Å². The van der Waals surface area contributed by atoms with Crippen LogP contribution in [0.3, 0.4) is 0 Å². The number of benzene rings is 1. The fraction of sp³-hybridized carbons (Fsp3) is 0.438. The standard InChI is InChI=1S/C16H17FN4O2/c1-20-13-8-10(9-3-2-4-9)12(17)7-11(13)15(19-20)21-6-5-14(22)18-16(21)23/h7-9H,2-6H2,1H3,(H,18,22,23). The van der Waals surface area contributed by atoms with Gasteiger partial charge in [-0.25, -0.2) is 9.18 Å². The highest BCUT2D eigenvalue weighted by Gasteiger charge is 2.29. The van der Waals surface area contributed by atoms with E-state index in [1.165, 1.54) is 11.0 Å². The molecule has 0 bridgehead atoms. The molecule has 2 aromatic rings. The monoisotopic (exact) mass is 316 g/mol. The first-order valence-electron chi connectivity index (χ1n) is 7.82. The molecule has 120 valence electrons. The lowest BCUT2D eigenvalue weighted by atomic mass is 9.79. The van der Waals surface area contributed by atoms with Gasteiger partial charge in [0.15, 0.2) is 5.82 Å². The predicted molar refractivity (Wildman–Crippen MR) is 82.8 cm³/mol. The minimum atomic E-state index is -0.510. The number of urea groups is 1. The fourth-order valence-electron chi connectivity index (χ4n) is 3.27. The molecule has 2 heterocycles. The Hall–Kier alpha value is -2.44. The molecule has 1 saturated heterocycles. The fourth-order valence-corrected chi connectivity index (χ4v) is 3.27. The van der Waals surface area contributed by atoms with Gasteiger partial charge in [0.25, 0.3) is 0 Å². The number of carbonyl (C=O) groups is 2. The van der Waals surface area contributed by atoms with Crippen molar-refractivity contribution in [3.63, 3.8) is 0 Å². The van der Waals surface area contributed by atoms with E-state index in [-0.39, 0.29) is 30.6 Å². The molecule has 0 unspecified atom stereocenters. The molecule has 1 saturated carbocycles. The predicted octanol–water partition coefficient (Wildman–Crippen LogP) is 2.43. The highest BCUT2D eigenvalue weighted by molar-refractivity contribution is 6.08. The number of carbonyl (C=O) groups excluding carboxylic acids is 2. The van der Waals surface area contributed by atoms with Gasteiger partial charge in [0.1, 0.15) is 5.82 Å². The maximum Gasteiger partial charge on any atom is 0.329 e. The van der Waals surface area contributed by atoms with E-state index in [1.807, 2.05) is 6.07 Å². The van der Waals surface area contributed by atoms with Crippen LogP contribution in [-0.2, 0) is 11.8 Å². The molecule has 3 amide bonds. The number of fused-ring (bicyclic) bond motifs is 1. The first kappa shape index (κ1) is 14.2. The summed E-state index contributed by atoms with van der Waals surface area (Å²) in [7, 11) is 1.78. The van der Waals surface area contributed by atoms with Crippen LogP contribution in [0.2, 0.25) is 0 Å². The number of hydrogen-bond donors (Lipinski definition) is 1. The van der Waals surface area contributed by atoms with Crippen LogP contribution in [0.4, 0.5) is 15.0 Å². The molecule has 0 atom stereocenters. The summed E-state index contributed by atoms with van der Waals surface area (Å²) in [5, 5.41) is 7.24. The zero-order valence-electron chi connectivity index (χ0n) is 12.8. The average Bonchev–Trinajstić information content (AvgIpc) is 2.74. The Morgan fingerprint density at radius 1 is 1.30 bits per heavy atom.